The molecule has 3 heterocycles. The monoisotopic (exact) mass is 321 g/mol. The predicted octanol–water partition coefficient (Wildman–Crippen LogP) is 2.61. The summed E-state index contributed by atoms with van der Waals surface area (Å²) in [5, 5.41) is 11.0. The average molecular weight is 322 g/mol. The van der Waals surface area contributed by atoms with Crippen molar-refractivity contribution in [2.75, 3.05) is 19.8 Å². The van der Waals surface area contributed by atoms with Crippen LogP contribution in [-0.4, -0.2) is 29.5 Å². The van der Waals surface area contributed by atoms with Crippen LogP contribution in [0.3, 0.4) is 0 Å². The highest BCUT2D eigenvalue weighted by atomic mass is 79.9. The van der Waals surface area contributed by atoms with Crippen molar-refractivity contribution in [2.24, 2.45) is 0 Å². The molecule has 4 heteroatoms. The average Bonchev–Trinajstić information content (AvgIpc) is 2.68. The van der Waals surface area contributed by atoms with Crippen LogP contribution in [0.5, 0.6) is 0 Å². The molecule has 0 unspecified atom stereocenters. The lowest BCUT2D eigenvalue weighted by Gasteiger charge is -2.40. The molecule has 0 saturated carbocycles. The first-order valence-electron chi connectivity index (χ1n) is 6.74. The van der Waals surface area contributed by atoms with Gasteiger partial charge in [-0.15, -0.1) is 0 Å². The van der Waals surface area contributed by atoms with Crippen LogP contribution in [0.4, 0.5) is 0 Å². The van der Waals surface area contributed by atoms with E-state index in [4.69, 9.17) is 4.74 Å². The van der Waals surface area contributed by atoms with Gasteiger partial charge in [0.05, 0.1) is 30.8 Å². The van der Waals surface area contributed by atoms with E-state index >= 15 is 0 Å². The van der Waals surface area contributed by atoms with E-state index in [-0.39, 0.29) is 12.0 Å². The maximum atomic E-state index is 9.72. The van der Waals surface area contributed by atoms with Crippen molar-refractivity contribution in [1.29, 1.82) is 0 Å². The summed E-state index contributed by atoms with van der Waals surface area (Å²) in [6.07, 6.45) is 4.50. The molecule has 2 aromatic rings. The molecular formula is C15H16BrNO2. The smallest absolute Gasteiger partial charge is 0.0651 e. The molecule has 0 atom stereocenters. The van der Waals surface area contributed by atoms with Crippen molar-refractivity contribution in [1.82, 2.24) is 4.57 Å². The Hall–Kier alpha value is -0.840. The lowest BCUT2D eigenvalue weighted by atomic mass is 9.78. The quantitative estimate of drug-likeness (QED) is 0.922. The molecule has 1 aromatic heterocycles. The van der Waals surface area contributed by atoms with E-state index in [9.17, 15) is 5.11 Å². The van der Waals surface area contributed by atoms with Crippen LogP contribution in [0.1, 0.15) is 17.5 Å². The molecule has 0 bridgehead atoms. The molecule has 0 spiro atoms. The molecule has 100 valence electrons. The first-order valence-corrected chi connectivity index (χ1v) is 7.53. The van der Waals surface area contributed by atoms with Crippen LogP contribution in [0, 0.1) is 0 Å². The van der Waals surface area contributed by atoms with Crippen molar-refractivity contribution in [2.45, 2.75) is 24.8 Å². The Labute approximate surface area is 120 Å². The maximum absolute atomic E-state index is 9.72. The lowest BCUT2D eigenvalue weighted by Crippen LogP contribution is -2.49. The number of nitrogens with zero attached hydrogens (tertiary/aromatic N) is 1. The van der Waals surface area contributed by atoms with Crippen LogP contribution in [0.15, 0.2) is 22.8 Å². The summed E-state index contributed by atoms with van der Waals surface area (Å²) in [5.74, 6) is 0. The van der Waals surface area contributed by atoms with Crippen LogP contribution in [0.25, 0.3) is 10.9 Å². The van der Waals surface area contributed by atoms with Gasteiger partial charge in [0.1, 0.15) is 0 Å². The van der Waals surface area contributed by atoms with Crippen molar-refractivity contribution >= 4 is 26.8 Å². The van der Waals surface area contributed by atoms with Gasteiger partial charge in [-0.3, -0.25) is 0 Å². The highest BCUT2D eigenvalue weighted by Crippen LogP contribution is 2.39. The number of hydrogen-bond acceptors (Lipinski definition) is 2. The van der Waals surface area contributed by atoms with Gasteiger partial charge in [0, 0.05) is 22.6 Å². The Morgan fingerprint density at radius 1 is 1.37 bits per heavy atom. The molecule has 0 amide bonds. The molecule has 2 aliphatic rings. The predicted molar refractivity (Wildman–Crippen MR) is 77.5 cm³/mol. The Morgan fingerprint density at radius 3 is 2.89 bits per heavy atom. The number of aryl methyl sites for hydroxylation is 2. The second-order valence-electron chi connectivity index (χ2n) is 5.74. The molecule has 1 saturated heterocycles. The van der Waals surface area contributed by atoms with Gasteiger partial charge >= 0.3 is 0 Å². The minimum atomic E-state index is -0.177. The highest BCUT2D eigenvalue weighted by Gasteiger charge is 2.40. The van der Waals surface area contributed by atoms with Crippen LogP contribution >= 0.6 is 15.9 Å². The summed E-state index contributed by atoms with van der Waals surface area (Å²) in [6.45, 7) is 2.53. The van der Waals surface area contributed by atoms with Crippen molar-refractivity contribution in [3.63, 3.8) is 0 Å². The molecular weight excluding hydrogens is 306 g/mol. The Balaban J connectivity index is 1.97. The van der Waals surface area contributed by atoms with E-state index in [0.717, 1.165) is 17.4 Å². The van der Waals surface area contributed by atoms with Gasteiger partial charge in [-0.1, -0.05) is 6.07 Å². The van der Waals surface area contributed by atoms with Crippen molar-refractivity contribution in [3.05, 3.63) is 33.9 Å². The third kappa shape index (κ3) is 1.57. The third-order valence-corrected chi connectivity index (χ3v) is 5.15. The zero-order valence-corrected chi connectivity index (χ0v) is 12.2. The van der Waals surface area contributed by atoms with Gasteiger partial charge in [0.2, 0.25) is 0 Å². The van der Waals surface area contributed by atoms with Gasteiger partial charge in [-0.05, 0) is 46.0 Å². The fourth-order valence-corrected chi connectivity index (χ4v) is 3.85. The van der Waals surface area contributed by atoms with Crippen LogP contribution in [-0.2, 0) is 23.1 Å². The van der Waals surface area contributed by atoms with Crippen LogP contribution < -0.4 is 0 Å². The second-order valence-corrected chi connectivity index (χ2v) is 6.59. The van der Waals surface area contributed by atoms with E-state index in [1.807, 2.05) is 0 Å². The van der Waals surface area contributed by atoms with E-state index in [2.05, 4.69) is 38.8 Å². The second kappa shape index (κ2) is 4.08. The number of aliphatic hydroxyl groups excluding tert-OH is 1. The Kier molecular flexibility index (Phi) is 2.56. The summed E-state index contributed by atoms with van der Waals surface area (Å²) < 4.78 is 8.83. The van der Waals surface area contributed by atoms with Crippen LogP contribution in [0.2, 0.25) is 0 Å². The first kappa shape index (κ1) is 11.9. The van der Waals surface area contributed by atoms with E-state index in [0.29, 0.717) is 13.2 Å². The van der Waals surface area contributed by atoms with Crippen molar-refractivity contribution < 1.29 is 9.84 Å². The Bertz CT molecular complexity index is 652. The number of ether oxygens (including phenoxy) is 1. The summed E-state index contributed by atoms with van der Waals surface area (Å²) in [4.78, 5) is 0. The van der Waals surface area contributed by atoms with Gasteiger partial charge in [0.15, 0.2) is 0 Å². The fraction of sp³-hybridized carbons (Fsp3) is 0.467. The molecule has 1 N–H and O–H groups in total. The standard InChI is InChI=1S/C15H16BrNO2/c16-13-6-17-3-1-2-10-4-11(5-12(13)14(10)17)15(7-18)8-19-9-15/h4-6,18H,1-3,7-9H2. The molecule has 0 aliphatic carbocycles. The number of benzene rings is 1. The summed E-state index contributed by atoms with van der Waals surface area (Å²) in [5.41, 5.74) is 3.81. The van der Waals surface area contributed by atoms with Gasteiger partial charge in [-0.2, -0.15) is 0 Å². The summed E-state index contributed by atoms with van der Waals surface area (Å²) in [6, 6.07) is 4.51. The Morgan fingerprint density at radius 2 is 2.21 bits per heavy atom. The molecule has 1 fully saturated rings. The summed E-state index contributed by atoms with van der Waals surface area (Å²) >= 11 is 3.67. The molecule has 4 rings (SSSR count). The topological polar surface area (TPSA) is 34.4 Å². The van der Waals surface area contributed by atoms with Crippen molar-refractivity contribution in [3.8, 4) is 0 Å². The minimum absolute atomic E-state index is 0.163. The molecule has 0 radical (unpaired) electrons. The number of hydrogen-bond donors (Lipinski definition) is 1. The zero-order valence-electron chi connectivity index (χ0n) is 10.7. The normalized spacial score (nSPS) is 20.5. The van der Waals surface area contributed by atoms with Gasteiger partial charge in [-0.25, -0.2) is 0 Å². The molecule has 19 heavy (non-hydrogen) atoms. The molecule has 3 nitrogen and oxygen atoms in total. The van der Waals surface area contributed by atoms with Gasteiger partial charge < -0.3 is 14.4 Å². The number of aromatic nitrogens is 1. The highest BCUT2D eigenvalue weighted by molar-refractivity contribution is 9.10. The maximum Gasteiger partial charge on any atom is 0.0651 e. The molecule has 1 aromatic carbocycles. The summed E-state index contributed by atoms with van der Waals surface area (Å²) in [7, 11) is 0. The number of rotatable bonds is 2. The lowest BCUT2D eigenvalue weighted by molar-refractivity contribution is -0.0841. The number of aliphatic hydroxyl groups is 1. The largest absolute Gasteiger partial charge is 0.395 e. The fourth-order valence-electron chi connectivity index (χ4n) is 3.30. The SMILES string of the molecule is OCC1(c2cc3c4c(c2)c(Br)cn4CCC3)COC1. The first-order chi connectivity index (χ1) is 9.23. The third-order valence-electron chi connectivity index (χ3n) is 4.52. The zero-order chi connectivity index (χ0) is 13.0. The molecule has 2 aliphatic heterocycles. The minimum Gasteiger partial charge on any atom is -0.395 e. The van der Waals surface area contributed by atoms with E-state index < -0.39 is 0 Å². The van der Waals surface area contributed by atoms with E-state index in [1.165, 1.54) is 28.5 Å². The van der Waals surface area contributed by atoms with Gasteiger partial charge in [0.25, 0.3) is 0 Å². The number of halogens is 1. The van der Waals surface area contributed by atoms with E-state index in [1.54, 1.807) is 0 Å².